The summed E-state index contributed by atoms with van der Waals surface area (Å²) in [6.45, 7) is 2.66. The Kier molecular flexibility index (Phi) is 2.44. The fourth-order valence-electron chi connectivity index (χ4n) is 0.829. The minimum Gasteiger partial charge on any atom is -0.397 e. The first-order valence-electron chi connectivity index (χ1n) is 3.65. The highest BCUT2D eigenvalue weighted by molar-refractivity contribution is 5.35. The van der Waals surface area contributed by atoms with Gasteiger partial charge in [-0.1, -0.05) is 6.92 Å². The molecule has 11 heavy (non-hydrogen) atoms. The number of hydrogen-bond donors (Lipinski definition) is 2. The summed E-state index contributed by atoms with van der Waals surface area (Å²) in [5, 5.41) is 0. The van der Waals surface area contributed by atoms with E-state index in [4.69, 9.17) is 11.5 Å². The molecule has 1 aromatic rings. The topological polar surface area (TPSA) is 64.9 Å². The monoisotopic (exact) mass is 151 g/mol. The highest BCUT2D eigenvalue weighted by Crippen LogP contribution is 2.11. The maximum atomic E-state index is 5.47. The van der Waals surface area contributed by atoms with Crippen molar-refractivity contribution in [2.45, 2.75) is 12.8 Å². The second-order valence-electron chi connectivity index (χ2n) is 2.65. The molecule has 0 saturated carbocycles. The van der Waals surface area contributed by atoms with E-state index in [9.17, 15) is 0 Å². The fraction of sp³-hybridized carbons (Fsp3) is 0.375. The van der Waals surface area contributed by atoms with Crippen molar-refractivity contribution in [3.8, 4) is 0 Å². The lowest BCUT2D eigenvalue weighted by Crippen LogP contribution is -2.10. The second kappa shape index (κ2) is 3.34. The van der Waals surface area contributed by atoms with Crippen molar-refractivity contribution >= 4 is 5.69 Å². The van der Waals surface area contributed by atoms with Crippen LogP contribution >= 0.6 is 0 Å². The summed E-state index contributed by atoms with van der Waals surface area (Å²) < 4.78 is 0. The molecule has 1 atom stereocenters. The molecule has 0 aliphatic rings. The molecule has 0 aliphatic heterocycles. The lowest BCUT2D eigenvalue weighted by atomic mass is 10.1. The molecular formula is C8H13N3. The molecule has 3 heteroatoms. The first-order valence-corrected chi connectivity index (χ1v) is 3.65. The Balaban J connectivity index is 2.81. The zero-order valence-corrected chi connectivity index (χ0v) is 6.62. The summed E-state index contributed by atoms with van der Waals surface area (Å²) in [6, 6.07) is 3.75. The predicted molar refractivity (Wildman–Crippen MR) is 46.1 cm³/mol. The van der Waals surface area contributed by atoms with Crippen LogP contribution in [0, 0.1) is 0 Å². The van der Waals surface area contributed by atoms with Crippen LogP contribution in [0.25, 0.3) is 0 Å². The van der Waals surface area contributed by atoms with E-state index in [-0.39, 0.29) is 0 Å². The molecule has 0 saturated heterocycles. The van der Waals surface area contributed by atoms with Crippen molar-refractivity contribution in [2.24, 2.45) is 5.73 Å². The number of hydrogen-bond acceptors (Lipinski definition) is 3. The van der Waals surface area contributed by atoms with E-state index in [0.717, 1.165) is 5.69 Å². The Labute approximate surface area is 66.4 Å². The summed E-state index contributed by atoms with van der Waals surface area (Å²) in [5.74, 6) is 0.315. The second-order valence-corrected chi connectivity index (χ2v) is 2.65. The molecule has 0 aliphatic carbocycles. The Bertz CT molecular complexity index is 217. The quantitative estimate of drug-likeness (QED) is 0.654. The van der Waals surface area contributed by atoms with E-state index in [1.54, 1.807) is 6.20 Å². The highest BCUT2D eigenvalue weighted by atomic mass is 14.7. The molecular weight excluding hydrogens is 138 g/mol. The number of anilines is 1. The number of pyridine rings is 1. The minimum absolute atomic E-state index is 0.315. The first-order chi connectivity index (χ1) is 5.24. The molecule has 0 amide bonds. The average molecular weight is 151 g/mol. The molecule has 3 nitrogen and oxygen atoms in total. The molecule has 4 N–H and O–H groups in total. The van der Waals surface area contributed by atoms with Crippen molar-refractivity contribution in [3.05, 3.63) is 24.0 Å². The molecule has 0 spiro atoms. The van der Waals surface area contributed by atoms with E-state index in [2.05, 4.69) is 4.98 Å². The van der Waals surface area contributed by atoms with Crippen molar-refractivity contribution in [1.29, 1.82) is 0 Å². The van der Waals surface area contributed by atoms with Crippen molar-refractivity contribution < 1.29 is 0 Å². The molecule has 0 radical (unpaired) electrons. The number of nitrogens with zero attached hydrogens (tertiary/aromatic N) is 1. The van der Waals surface area contributed by atoms with Crippen LogP contribution in [0.4, 0.5) is 5.69 Å². The van der Waals surface area contributed by atoms with Gasteiger partial charge in [0, 0.05) is 18.2 Å². The van der Waals surface area contributed by atoms with Crippen LogP contribution < -0.4 is 11.5 Å². The van der Waals surface area contributed by atoms with Gasteiger partial charge in [-0.2, -0.15) is 0 Å². The van der Waals surface area contributed by atoms with Gasteiger partial charge in [0.2, 0.25) is 0 Å². The van der Waals surface area contributed by atoms with Crippen LogP contribution in [0.2, 0.25) is 0 Å². The van der Waals surface area contributed by atoms with Gasteiger partial charge in [-0.3, -0.25) is 4.98 Å². The van der Waals surface area contributed by atoms with E-state index in [1.165, 1.54) is 0 Å². The summed E-state index contributed by atoms with van der Waals surface area (Å²) >= 11 is 0. The van der Waals surface area contributed by atoms with Crippen molar-refractivity contribution in [3.63, 3.8) is 0 Å². The maximum absolute atomic E-state index is 5.47. The molecule has 0 fully saturated rings. The van der Waals surface area contributed by atoms with Crippen molar-refractivity contribution in [2.75, 3.05) is 12.3 Å². The molecule has 1 aromatic heterocycles. The van der Waals surface area contributed by atoms with Crippen LogP contribution in [-0.4, -0.2) is 11.5 Å². The Morgan fingerprint density at radius 3 is 2.73 bits per heavy atom. The third kappa shape index (κ3) is 1.91. The molecule has 1 unspecified atom stereocenters. The minimum atomic E-state index is 0.315. The highest BCUT2D eigenvalue weighted by Gasteiger charge is 2.02. The van der Waals surface area contributed by atoms with Crippen molar-refractivity contribution in [1.82, 2.24) is 4.98 Å². The molecule has 1 rings (SSSR count). The summed E-state index contributed by atoms with van der Waals surface area (Å²) in [4.78, 5) is 4.14. The maximum Gasteiger partial charge on any atom is 0.0501 e. The predicted octanol–water partition coefficient (Wildman–Crippen LogP) is 0.726. The van der Waals surface area contributed by atoms with Gasteiger partial charge in [-0.05, 0) is 12.1 Å². The molecule has 60 valence electrons. The van der Waals surface area contributed by atoms with Gasteiger partial charge in [-0.25, -0.2) is 0 Å². The molecule has 1 heterocycles. The van der Waals surface area contributed by atoms with Gasteiger partial charge in [0.05, 0.1) is 11.9 Å². The summed E-state index contributed by atoms with van der Waals surface area (Å²) in [5.41, 5.74) is 12.6. The van der Waals surface area contributed by atoms with Gasteiger partial charge in [-0.15, -0.1) is 0 Å². The molecule has 0 bridgehead atoms. The number of nitrogen functional groups attached to an aromatic ring is 1. The lowest BCUT2D eigenvalue weighted by Gasteiger charge is -2.06. The van der Waals surface area contributed by atoms with Gasteiger partial charge >= 0.3 is 0 Å². The van der Waals surface area contributed by atoms with Gasteiger partial charge in [0.25, 0.3) is 0 Å². The largest absolute Gasteiger partial charge is 0.397 e. The smallest absolute Gasteiger partial charge is 0.0501 e. The summed E-state index contributed by atoms with van der Waals surface area (Å²) in [7, 11) is 0. The van der Waals surface area contributed by atoms with Gasteiger partial charge < -0.3 is 11.5 Å². The standard InChI is InChI=1S/C8H13N3/c1-6(4-9)8-3-2-7(10)5-11-8/h2-3,5-6H,4,9-10H2,1H3. The third-order valence-corrected chi connectivity index (χ3v) is 1.67. The normalized spacial score (nSPS) is 12.9. The van der Waals surface area contributed by atoms with E-state index < -0.39 is 0 Å². The average Bonchev–Trinajstić information content (AvgIpc) is 2.05. The van der Waals surface area contributed by atoms with E-state index in [1.807, 2.05) is 19.1 Å². The number of aromatic nitrogens is 1. The van der Waals surface area contributed by atoms with Crippen LogP contribution in [0.1, 0.15) is 18.5 Å². The lowest BCUT2D eigenvalue weighted by molar-refractivity contribution is 0.746. The third-order valence-electron chi connectivity index (χ3n) is 1.67. The Morgan fingerprint density at radius 2 is 2.27 bits per heavy atom. The zero-order valence-electron chi connectivity index (χ0n) is 6.62. The van der Waals surface area contributed by atoms with E-state index in [0.29, 0.717) is 18.2 Å². The van der Waals surface area contributed by atoms with Gasteiger partial charge in [0.1, 0.15) is 0 Å². The number of rotatable bonds is 2. The van der Waals surface area contributed by atoms with Crippen LogP contribution in [0.3, 0.4) is 0 Å². The number of nitrogens with two attached hydrogens (primary N) is 2. The van der Waals surface area contributed by atoms with Gasteiger partial charge in [0.15, 0.2) is 0 Å². The first kappa shape index (κ1) is 8.01. The van der Waals surface area contributed by atoms with E-state index >= 15 is 0 Å². The summed E-state index contributed by atoms with van der Waals surface area (Å²) in [6.07, 6.45) is 1.65. The zero-order chi connectivity index (χ0) is 8.27. The fourth-order valence-corrected chi connectivity index (χ4v) is 0.829. The van der Waals surface area contributed by atoms with Crippen LogP contribution in [-0.2, 0) is 0 Å². The Hall–Kier alpha value is -1.09. The molecule has 0 aromatic carbocycles. The Morgan fingerprint density at radius 1 is 1.55 bits per heavy atom. The SMILES string of the molecule is CC(CN)c1ccc(N)cn1. The van der Waals surface area contributed by atoms with Crippen LogP contribution in [0.5, 0.6) is 0 Å². The van der Waals surface area contributed by atoms with Crippen LogP contribution in [0.15, 0.2) is 18.3 Å².